The number of hydrogen-bond acceptors (Lipinski definition) is 8. The molecule has 0 bridgehead atoms. The van der Waals surface area contributed by atoms with Gasteiger partial charge in [0.15, 0.2) is 0 Å². The first-order valence-corrected chi connectivity index (χ1v) is 14.7. The number of nitrogens with one attached hydrogen (secondary N) is 2. The number of amides is 2. The second-order valence-electron chi connectivity index (χ2n) is 10.3. The smallest absolute Gasteiger partial charge is 0.430 e. The van der Waals surface area contributed by atoms with Crippen LogP contribution < -0.4 is 10.6 Å². The minimum atomic E-state index is -0.551. The Kier molecular flexibility index (Phi) is 17.1. The van der Waals surface area contributed by atoms with Gasteiger partial charge in [0, 0.05) is 25.9 Å². The molecule has 0 aromatic carbocycles. The summed E-state index contributed by atoms with van der Waals surface area (Å²) in [6, 6.07) is 0. The van der Waals surface area contributed by atoms with Gasteiger partial charge in [-0.05, 0) is 51.4 Å². The highest BCUT2D eigenvalue weighted by Gasteiger charge is 2.24. The molecule has 2 heterocycles. The Balaban J connectivity index is 1.24. The maximum absolute atomic E-state index is 11.9. The van der Waals surface area contributed by atoms with Crippen LogP contribution >= 0.6 is 0 Å². The van der Waals surface area contributed by atoms with Crippen LogP contribution in [0, 0.1) is 0 Å². The maximum Gasteiger partial charge on any atom is 0.508 e. The van der Waals surface area contributed by atoms with Gasteiger partial charge in [0.1, 0.15) is 25.4 Å². The summed E-state index contributed by atoms with van der Waals surface area (Å²) in [7, 11) is 0. The average molecular weight is 541 g/mol. The van der Waals surface area contributed by atoms with Crippen LogP contribution in [0.5, 0.6) is 0 Å². The number of cyclic esters (lactones) is 4. The molecule has 0 radical (unpaired) electrons. The van der Waals surface area contributed by atoms with Crippen LogP contribution in [0.15, 0.2) is 0 Å². The van der Waals surface area contributed by atoms with Crippen molar-refractivity contribution in [2.75, 3.05) is 26.3 Å². The van der Waals surface area contributed by atoms with Gasteiger partial charge in [-0.2, -0.15) is 0 Å². The molecule has 0 aromatic rings. The highest BCUT2D eigenvalue weighted by molar-refractivity contribution is 5.76. The first kappa shape index (κ1) is 31.7. The van der Waals surface area contributed by atoms with Crippen LogP contribution in [0.25, 0.3) is 0 Å². The highest BCUT2D eigenvalue weighted by Crippen LogP contribution is 2.16. The first-order valence-electron chi connectivity index (χ1n) is 14.7. The molecule has 2 saturated heterocycles. The Hall–Kier alpha value is -2.52. The molecule has 2 unspecified atom stereocenters. The van der Waals surface area contributed by atoms with Gasteiger partial charge in [-0.15, -0.1) is 0 Å². The zero-order valence-electron chi connectivity index (χ0n) is 23.0. The van der Waals surface area contributed by atoms with E-state index in [-0.39, 0.29) is 24.0 Å². The molecule has 0 aliphatic carbocycles. The van der Waals surface area contributed by atoms with Gasteiger partial charge in [-0.3, -0.25) is 9.59 Å². The molecular weight excluding hydrogens is 492 g/mol. The molecule has 2 aliphatic rings. The molecule has 2 fully saturated rings. The van der Waals surface area contributed by atoms with E-state index in [4.69, 9.17) is 18.9 Å². The van der Waals surface area contributed by atoms with E-state index in [1.54, 1.807) is 0 Å². The predicted molar refractivity (Wildman–Crippen MR) is 142 cm³/mol. The molecule has 2 atom stereocenters. The molecule has 2 amide bonds. The summed E-state index contributed by atoms with van der Waals surface area (Å²) in [6.45, 7) is 2.07. The van der Waals surface area contributed by atoms with E-state index in [1.807, 2.05) is 0 Å². The van der Waals surface area contributed by atoms with Crippen LogP contribution in [0.4, 0.5) is 9.59 Å². The van der Waals surface area contributed by atoms with Crippen molar-refractivity contribution in [1.82, 2.24) is 10.6 Å². The number of carbonyl (C=O) groups excluding carboxylic acids is 4. The van der Waals surface area contributed by atoms with Crippen LogP contribution in [-0.4, -0.2) is 62.6 Å². The van der Waals surface area contributed by atoms with E-state index in [9.17, 15) is 19.2 Å². The fraction of sp³-hybridized carbons (Fsp3) is 0.857. The highest BCUT2D eigenvalue weighted by atomic mass is 16.8. The van der Waals surface area contributed by atoms with E-state index in [0.29, 0.717) is 39.1 Å². The molecule has 0 spiro atoms. The number of carbonyl (C=O) groups is 4. The molecule has 2 rings (SSSR count). The minimum absolute atomic E-state index is 0.0748. The van der Waals surface area contributed by atoms with Gasteiger partial charge < -0.3 is 29.6 Å². The Morgan fingerprint density at radius 1 is 0.553 bits per heavy atom. The van der Waals surface area contributed by atoms with Crippen molar-refractivity contribution >= 4 is 24.1 Å². The second-order valence-corrected chi connectivity index (χ2v) is 10.3. The normalized spacial score (nSPS) is 18.4. The summed E-state index contributed by atoms with van der Waals surface area (Å²) >= 11 is 0. The van der Waals surface area contributed by atoms with E-state index >= 15 is 0 Å². The van der Waals surface area contributed by atoms with Crippen molar-refractivity contribution in [3.8, 4) is 0 Å². The quantitative estimate of drug-likeness (QED) is 0.132. The summed E-state index contributed by atoms with van der Waals surface area (Å²) < 4.78 is 19.5. The summed E-state index contributed by atoms with van der Waals surface area (Å²) in [4.78, 5) is 45.6. The van der Waals surface area contributed by atoms with Crippen molar-refractivity contribution < 1.29 is 38.1 Å². The lowest BCUT2D eigenvalue weighted by molar-refractivity contribution is -0.122. The van der Waals surface area contributed by atoms with Gasteiger partial charge >= 0.3 is 12.3 Å². The third kappa shape index (κ3) is 16.3. The van der Waals surface area contributed by atoms with E-state index in [1.165, 1.54) is 0 Å². The summed E-state index contributed by atoms with van der Waals surface area (Å²) in [5.41, 5.74) is 0. The summed E-state index contributed by atoms with van der Waals surface area (Å²) in [6.07, 6.45) is 16.0. The first-order chi connectivity index (χ1) is 18.5. The Labute approximate surface area is 227 Å². The van der Waals surface area contributed by atoms with Crippen molar-refractivity contribution in [1.29, 1.82) is 0 Å². The van der Waals surface area contributed by atoms with E-state index in [0.717, 1.165) is 103 Å². The van der Waals surface area contributed by atoms with Crippen LogP contribution in [-0.2, 0) is 28.5 Å². The van der Waals surface area contributed by atoms with Crippen molar-refractivity contribution in [2.24, 2.45) is 0 Å². The molecule has 0 saturated carbocycles. The zero-order chi connectivity index (χ0) is 27.3. The summed E-state index contributed by atoms with van der Waals surface area (Å²) in [5, 5.41) is 5.93. The fourth-order valence-corrected chi connectivity index (χ4v) is 4.63. The SMILES string of the molecule is O=C(CCCCCCCCC1COC(=O)O1)NCCCCNC(=O)CCCCCCCCC1COC(=O)O1. The van der Waals surface area contributed by atoms with Gasteiger partial charge in [0.2, 0.25) is 11.8 Å². The van der Waals surface area contributed by atoms with Crippen molar-refractivity contribution in [3.63, 3.8) is 0 Å². The molecular formula is C28H48N2O8. The molecule has 10 heteroatoms. The molecule has 218 valence electrons. The average Bonchev–Trinajstić information content (AvgIpc) is 3.51. The Morgan fingerprint density at radius 2 is 0.921 bits per heavy atom. The third-order valence-electron chi connectivity index (χ3n) is 6.91. The number of rotatable bonds is 23. The van der Waals surface area contributed by atoms with Gasteiger partial charge in [-0.25, -0.2) is 9.59 Å². The molecule has 2 aliphatic heterocycles. The lowest BCUT2D eigenvalue weighted by Crippen LogP contribution is -2.27. The topological polar surface area (TPSA) is 129 Å². The molecule has 2 N–H and O–H groups in total. The molecule has 10 nitrogen and oxygen atoms in total. The zero-order valence-corrected chi connectivity index (χ0v) is 23.0. The summed E-state index contributed by atoms with van der Waals surface area (Å²) in [5.74, 6) is 0.209. The van der Waals surface area contributed by atoms with E-state index < -0.39 is 12.3 Å². The molecule has 0 aromatic heterocycles. The van der Waals surface area contributed by atoms with Crippen LogP contribution in [0.3, 0.4) is 0 Å². The van der Waals surface area contributed by atoms with Gasteiger partial charge in [0.05, 0.1) is 0 Å². The predicted octanol–water partition coefficient (Wildman–Crippen LogP) is 5.31. The largest absolute Gasteiger partial charge is 0.508 e. The van der Waals surface area contributed by atoms with Crippen molar-refractivity contribution in [2.45, 2.75) is 128 Å². The van der Waals surface area contributed by atoms with Gasteiger partial charge in [-0.1, -0.05) is 51.4 Å². The van der Waals surface area contributed by atoms with E-state index in [2.05, 4.69) is 10.6 Å². The fourth-order valence-electron chi connectivity index (χ4n) is 4.63. The van der Waals surface area contributed by atoms with Gasteiger partial charge in [0.25, 0.3) is 0 Å². The third-order valence-corrected chi connectivity index (χ3v) is 6.91. The minimum Gasteiger partial charge on any atom is -0.430 e. The number of ether oxygens (including phenoxy) is 4. The maximum atomic E-state index is 11.9. The number of hydrogen-bond donors (Lipinski definition) is 2. The molecule has 38 heavy (non-hydrogen) atoms. The Bertz CT molecular complexity index is 644. The second kappa shape index (κ2) is 20.4. The van der Waals surface area contributed by atoms with Crippen LogP contribution in [0.2, 0.25) is 0 Å². The van der Waals surface area contributed by atoms with Crippen LogP contribution in [0.1, 0.15) is 116 Å². The monoisotopic (exact) mass is 540 g/mol. The Morgan fingerprint density at radius 3 is 1.29 bits per heavy atom. The lowest BCUT2D eigenvalue weighted by Gasteiger charge is -2.08. The standard InChI is InChI=1S/C28H48N2O8/c31-25(17-11-7-3-1-5-9-15-23-21-35-27(33)37-23)29-19-13-14-20-30-26(32)18-12-8-4-2-6-10-16-24-22-36-28(34)38-24/h23-24H,1-22H2,(H,29,31)(H,30,32). The lowest BCUT2D eigenvalue weighted by atomic mass is 10.1. The van der Waals surface area contributed by atoms with Crippen molar-refractivity contribution in [3.05, 3.63) is 0 Å². The number of unbranched alkanes of at least 4 members (excludes halogenated alkanes) is 11.